The van der Waals surface area contributed by atoms with Gasteiger partial charge in [0.05, 0.1) is 47.5 Å². The van der Waals surface area contributed by atoms with Crippen LogP contribution in [0.15, 0.2) is 479 Å². The van der Waals surface area contributed by atoms with E-state index in [-0.39, 0.29) is 58.4 Å². The minimum absolute atomic E-state index is 0. The van der Waals surface area contributed by atoms with Crippen LogP contribution < -0.4 is 93.4 Å². The van der Waals surface area contributed by atoms with Crippen molar-refractivity contribution in [3.05, 3.63) is 499 Å². The van der Waals surface area contributed by atoms with Crippen LogP contribution in [0.3, 0.4) is 0 Å². The molecule has 0 N–H and O–H groups in total. The van der Waals surface area contributed by atoms with Crippen molar-refractivity contribution in [3.8, 4) is 0 Å². The summed E-state index contributed by atoms with van der Waals surface area (Å²) in [5.41, 5.74) is 0. The van der Waals surface area contributed by atoms with E-state index in [2.05, 4.69) is 424 Å². The first kappa shape index (κ1) is 92.3. The molecule has 3 aromatic heterocycles. The van der Waals surface area contributed by atoms with Gasteiger partial charge in [-0.25, -0.2) is 20.0 Å². The zero-order chi connectivity index (χ0) is 80.1. The topological polar surface area (TPSA) is 87.5 Å². The molecule has 15 aromatic rings. The molecule has 120 heavy (non-hydrogen) atoms. The minimum Gasteiger partial charge on any atom is -0.582 e. The van der Waals surface area contributed by atoms with E-state index in [1.165, 1.54) is 63.7 Å². The van der Waals surface area contributed by atoms with Crippen molar-refractivity contribution in [2.75, 3.05) is 35.8 Å². The normalized spacial score (nSPS) is 12.5. The molecule has 20 heteroatoms. The predicted molar refractivity (Wildman–Crippen MR) is 516 cm³/mol. The van der Waals surface area contributed by atoms with Gasteiger partial charge < -0.3 is 49.5 Å². The Morgan fingerprint density at radius 2 is 0.458 bits per heavy atom. The molecule has 3 aliphatic heterocycles. The molecule has 0 saturated carbocycles. The predicted octanol–water partition coefficient (Wildman–Crippen LogP) is 17.3. The molecule has 0 atom stereocenters. The summed E-state index contributed by atoms with van der Waals surface area (Å²) in [5, 5.41) is 24.8. The number of aromatic nitrogens is 5. The van der Waals surface area contributed by atoms with Crippen molar-refractivity contribution in [2.24, 2.45) is 0 Å². The van der Waals surface area contributed by atoms with Crippen LogP contribution in [0.4, 0.5) is 17.6 Å². The van der Waals surface area contributed by atoms with E-state index in [4.69, 9.17) is 0 Å². The van der Waals surface area contributed by atoms with Crippen LogP contribution in [0.25, 0.3) is 0 Å². The maximum Gasteiger partial charge on any atom is 2.00 e. The van der Waals surface area contributed by atoms with E-state index < -0.39 is 47.5 Å². The van der Waals surface area contributed by atoms with Crippen molar-refractivity contribution in [1.29, 1.82) is 0 Å². The molecule has 0 amide bonds. The van der Waals surface area contributed by atoms with Crippen LogP contribution in [0, 0.1) is 20.0 Å². The van der Waals surface area contributed by atoms with Crippen LogP contribution in [0.1, 0.15) is 0 Å². The maximum absolute atomic E-state index is 4.15. The van der Waals surface area contributed by atoms with Crippen LogP contribution in [0.2, 0.25) is 0 Å². The number of hydrogen-bond acceptors (Lipinski definition) is 8. The zero-order valence-electron chi connectivity index (χ0n) is 66.8. The van der Waals surface area contributed by atoms with Crippen molar-refractivity contribution in [2.45, 2.75) is 0 Å². The molecule has 0 unspecified atom stereocenters. The second-order valence-electron chi connectivity index (χ2n) is 27.1. The third-order valence-electron chi connectivity index (χ3n) is 18.8. The van der Waals surface area contributed by atoms with Gasteiger partial charge in [0.25, 0.3) is 0 Å². The van der Waals surface area contributed by atoms with Gasteiger partial charge in [-0.2, -0.15) is 0 Å². The molecule has 12 aromatic carbocycles. The second kappa shape index (κ2) is 51.0. The molecule has 0 radical (unpaired) electrons. The molecule has 600 valence electrons. The van der Waals surface area contributed by atoms with Crippen LogP contribution in [-0.4, -0.2) is 45.9 Å². The monoisotopic (exact) mass is 1940 g/mol. The Hall–Kier alpha value is -9.97. The standard InChI is InChI=1S/3C26H22P2.C8H9N3.2C7H8N4.3Ru/c3*1-5-13-23(14-6-1)27(24-15-7-2-8-16-24)21-22-28(25-17-9-3-10-18-25)26-19-11-4-12-20-26;1-10-5-6-11(7-10)8-3-2-4-9-8;1-10-4-5-11(6-10)7-8-2-3-9-7;1-10-4-5-11(6-10)7-2-3-8-9-7;;;/h3*1-22H;2-7H,1H3;2*2-6H,1H3;;;/q;;;3*-2;3*+2/p+6. The minimum atomic E-state index is -0.964. The average Bonchev–Trinajstić information content (AvgIpc) is 1.39. The molecule has 3 aliphatic rings. The van der Waals surface area contributed by atoms with E-state index in [9.17, 15) is 0 Å². The first-order valence-corrected chi connectivity index (χ1v) is 48.3. The van der Waals surface area contributed by atoms with Crippen molar-refractivity contribution in [3.63, 3.8) is 0 Å². The van der Waals surface area contributed by atoms with Crippen LogP contribution in [0.5, 0.6) is 0 Å². The SMILES string of the molecule is C(=C[PH+](c1ccccc1)c1ccccc1)[PH+](c1ccccc1)c1ccccc1.C(=C[PH+](c1ccccc1)c1ccccc1)[PH+](c1ccccc1)c1ccccc1.C(=C[PH+](c1ccccc1)c1ccccc1)[PH+](c1ccccc1)c1ccccc1.CN1C=CN(c2ccc[n-]2)[CH-]1.CN1C=CN(c2ccn[n-]2)[CH-]1.CN1C=CN(c2ncc[n-]2)[CH-]1.[Ru+2].[Ru+2].[Ru+2]. The number of nitrogens with zero attached hydrogens (tertiary/aromatic N) is 11. The molecule has 11 nitrogen and oxygen atoms in total. The molecule has 0 fully saturated rings. The summed E-state index contributed by atoms with van der Waals surface area (Å²) in [4.78, 5) is 23.8. The van der Waals surface area contributed by atoms with Crippen molar-refractivity contribution in [1.82, 2.24) is 39.8 Å². The molecular weight excluding hydrogens is 1840 g/mol. The fraction of sp³-hybridized carbons (Fsp3) is 0.0300. The van der Waals surface area contributed by atoms with Gasteiger partial charge in [-0.3, -0.25) is 5.10 Å². The van der Waals surface area contributed by atoms with Crippen molar-refractivity contribution >= 4 is 129 Å². The Kier molecular flexibility index (Phi) is 39.2. The zero-order valence-corrected chi connectivity index (χ0v) is 78.0. The molecule has 6 heterocycles. The fourth-order valence-corrected chi connectivity index (χ4v) is 27.9. The van der Waals surface area contributed by atoms with E-state index >= 15 is 0 Å². The number of benzene rings is 12. The smallest absolute Gasteiger partial charge is 0.582 e. The Bertz CT molecular complexity index is 4390. The quantitative estimate of drug-likeness (QED) is 0.0392. The van der Waals surface area contributed by atoms with E-state index in [1.807, 2.05) is 126 Å². The fourth-order valence-electron chi connectivity index (χ4n) is 13.0. The third kappa shape index (κ3) is 28.3. The van der Waals surface area contributed by atoms with E-state index in [1.54, 1.807) is 24.8 Å². The molecular formula is C100H97N11P6Ru3+6. The summed E-state index contributed by atoms with van der Waals surface area (Å²) in [5.74, 6) is 17.6. The summed E-state index contributed by atoms with van der Waals surface area (Å²) in [6.07, 6.45) is 18.5. The molecule has 0 spiro atoms. The first-order valence-electron chi connectivity index (χ1n) is 38.8. The summed E-state index contributed by atoms with van der Waals surface area (Å²) in [7, 11) is 0.125. The maximum atomic E-state index is 4.15. The molecule has 0 aliphatic carbocycles. The Balaban J connectivity index is 0.000000157. The molecule has 0 bridgehead atoms. The van der Waals surface area contributed by atoms with Crippen LogP contribution >= 0.6 is 47.5 Å². The van der Waals surface area contributed by atoms with E-state index in [0.717, 1.165) is 11.6 Å². The van der Waals surface area contributed by atoms with Gasteiger partial charge in [0.1, 0.15) is 98.6 Å². The molecule has 0 saturated heterocycles. The summed E-state index contributed by atoms with van der Waals surface area (Å²) in [6.45, 7) is 5.82. The average molecular weight is 1940 g/mol. The number of imidazole rings is 1. The Morgan fingerprint density at radius 3 is 0.633 bits per heavy atom. The van der Waals surface area contributed by atoms with Gasteiger partial charge in [0, 0.05) is 6.20 Å². The van der Waals surface area contributed by atoms with Gasteiger partial charge in [0.15, 0.2) is 0 Å². The van der Waals surface area contributed by atoms with Gasteiger partial charge in [-0.15, -0.1) is 0 Å². The van der Waals surface area contributed by atoms with E-state index in [0.29, 0.717) is 5.95 Å². The number of anilines is 3. The summed E-state index contributed by atoms with van der Waals surface area (Å²) < 4.78 is 0. The number of rotatable bonds is 21. The number of hydrogen-bond donors (Lipinski definition) is 0. The first-order chi connectivity index (χ1) is 57.8. The third-order valence-corrected chi connectivity index (χ3v) is 34.2. The van der Waals surface area contributed by atoms with Crippen molar-refractivity contribution < 1.29 is 58.4 Å². The van der Waals surface area contributed by atoms with Crippen LogP contribution in [-0.2, 0) is 58.4 Å². The van der Waals surface area contributed by atoms with Gasteiger partial charge in [-0.1, -0.05) is 267 Å². The largest absolute Gasteiger partial charge is 2.00 e. The summed E-state index contributed by atoms with van der Waals surface area (Å²) >= 11 is 0. The van der Waals surface area contributed by atoms with Gasteiger partial charge in [-0.05, 0) is 210 Å². The summed E-state index contributed by atoms with van der Waals surface area (Å²) in [6, 6.07) is 137. The Labute approximate surface area is 755 Å². The van der Waals surface area contributed by atoms with Gasteiger partial charge >= 0.3 is 58.4 Å². The second-order valence-corrected chi connectivity index (χ2v) is 41.0. The Morgan fingerprint density at radius 1 is 0.233 bits per heavy atom. The van der Waals surface area contributed by atoms with Gasteiger partial charge in [0.2, 0.25) is 0 Å². The molecule has 18 rings (SSSR count).